The number of nitrogens with one attached hydrogen (secondary N) is 2. The van der Waals surface area contributed by atoms with Crippen molar-refractivity contribution in [2.75, 3.05) is 0 Å². The molecule has 21 heavy (non-hydrogen) atoms. The molecular formula is C16H18N2O3. The molecule has 3 rings (SSSR count). The molecule has 2 aliphatic rings. The summed E-state index contributed by atoms with van der Waals surface area (Å²) in [6, 6.07) is 7.38. The number of rotatable bonds is 2. The first-order valence-corrected chi connectivity index (χ1v) is 7.37. The van der Waals surface area contributed by atoms with Gasteiger partial charge in [-0.05, 0) is 36.8 Å². The SMILES string of the molecule is O=C1CC[C@H](NC(=O)C2CCCc3ccccc32)C(=O)N1. The van der Waals surface area contributed by atoms with E-state index < -0.39 is 11.9 Å². The fourth-order valence-electron chi connectivity index (χ4n) is 3.13. The molecule has 2 N–H and O–H groups in total. The second kappa shape index (κ2) is 5.68. The Bertz CT molecular complexity index is 597. The molecule has 1 fully saturated rings. The normalized spacial score (nSPS) is 25.0. The third-order valence-electron chi connectivity index (χ3n) is 4.24. The Kier molecular flexibility index (Phi) is 3.73. The molecule has 1 heterocycles. The van der Waals surface area contributed by atoms with Crippen LogP contribution in [0.3, 0.4) is 0 Å². The van der Waals surface area contributed by atoms with E-state index in [1.807, 2.05) is 18.2 Å². The Morgan fingerprint density at radius 2 is 1.95 bits per heavy atom. The van der Waals surface area contributed by atoms with E-state index in [1.54, 1.807) is 0 Å². The first-order valence-electron chi connectivity index (χ1n) is 7.37. The van der Waals surface area contributed by atoms with Gasteiger partial charge in [-0.25, -0.2) is 0 Å². The fraction of sp³-hybridized carbons (Fsp3) is 0.438. The molecule has 1 saturated heterocycles. The van der Waals surface area contributed by atoms with Gasteiger partial charge in [-0.15, -0.1) is 0 Å². The molecule has 1 aliphatic heterocycles. The van der Waals surface area contributed by atoms with Gasteiger partial charge in [-0.2, -0.15) is 0 Å². The molecule has 1 aromatic carbocycles. The van der Waals surface area contributed by atoms with Crippen molar-refractivity contribution < 1.29 is 14.4 Å². The van der Waals surface area contributed by atoms with E-state index >= 15 is 0 Å². The van der Waals surface area contributed by atoms with Crippen LogP contribution in [0.1, 0.15) is 42.7 Å². The molecule has 5 heteroatoms. The van der Waals surface area contributed by atoms with Crippen LogP contribution in [0.2, 0.25) is 0 Å². The van der Waals surface area contributed by atoms with Crippen molar-refractivity contribution in [1.29, 1.82) is 0 Å². The van der Waals surface area contributed by atoms with Crippen LogP contribution in [-0.4, -0.2) is 23.8 Å². The van der Waals surface area contributed by atoms with E-state index in [0.717, 1.165) is 24.8 Å². The predicted molar refractivity (Wildman–Crippen MR) is 76.4 cm³/mol. The second-order valence-electron chi connectivity index (χ2n) is 5.66. The van der Waals surface area contributed by atoms with Gasteiger partial charge >= 0.3 is 0 Å². The van der Waals surface area contributed by atoms with E-state index in [-0.39, 0.29) is 24.2 Å². The largest absolute Gasteiger partial charge is 0.344 e. The van der Waals surface area contributed by atoms with Gasteiger partial charge in [0.2, 0.25) is 17.7 Å². The van der Waals surface area contributed by atoms with Crippen molar-refractivity contribution in [3.8, 4) is 0 Å². The van der Waals surface area contributed by atoms with Crippen molar-refractivity contribution in [2.24, 2.45) is 0 Å². The fourth-order valence-corrected chi connectivity index (χ4v) is 3.13. The number of amides is 3. The number of hydrogen-bond acceptors (Lipinski definition) is 3. The van der Waals surface area contributed by atoms with E-state index in [2.05, 4.69) is 16.7 Å². The number of aryl methyl sites for hydroxylation is 1. The lowest BCUT2D eigenvalue weighted by molar-refractivity contribution is -0.137. The van der Waals surface area contributed by atoms with Crippen LogP contribution in [0.15, 0.2) is 24.3 Å². The smallest absolute Gasteiger partial charge is 0.249 e. The highest BCUT2D eigenvalue weighted by molar-refractivity contribution is 6.02. The minimum Gasteiger partial charge on any atom is -0.344 e. The molecule has 2 atom stereocenters. The van der Waals surface area contributed by atoms with Crippen LogP contribution in [0.4, 0.5) is 0 Å². The summed E-state index contributed by atoms with van der Waals surface area (Å²) in [5.74, 6) is -0.978. The molecule has 0 radical (unpaired) electrons. The highest BCUT2D eigenvalue weighted by Crippen LogP contribution is 2.31. The lowest BCUT2D eigenvalue weighted by Gasteiger charge is -2.28. The number of carbonyl (C=O) groups is 3. The third kappa shape index (κ3) is 2.82. The molecule has 1 unspecified atom stereocenters. The first kappa shape index (κ1) is 13.8. The molecule has 0 spiro atoms. The molecule has 1 aromatic rings. The summed E-state index contributed by atoms with van der Waals surface area (Å²) in [5.41, 5.74) is 2.28. The zero-order valence-corrected chi connectivity index (χ0v) is 11.7. The minimum absolute atomic E-state index is 0.114. The number of piperidine rings is 1. The summed E-state index contributed by atoms with van der Waals surface area (Å²) in [7, 11) is 0. The molecule has 1 aliphatic carbocycles. The number of hydrogen-bond donors (Lipinski definition) is 2. The monoisotopic (exact) mass is 286 g/mol. The van der Waals surface area contributed by atoms with Gasteiger partial charge in [0, 0.05) is 6.42 Å². The van der Waals surface area contributed by atoms with Gasteiger partial charge < -0.3 is 5.32 Å². The third-order valence-corrected chi connectivity index (χ3v) is 4.24. The Morgan fingerprint density at radius 1 is 1.14 bits per heavy atom. The number of fused-ring (bicyclic) bond motifs is 1. The van der Waals surface area contributed by atoms with Crippen molar-refractivity contribution in [3.05, 3.63) is 35.4 Å². The number of benzene rings is 1. The van der Waals surface area contributed by atoms with E-state index in [0.29, 0.717) is 6.42 Å². The number of imide groups is 1. The van der Waals surface area contributed by atoms with E-state index in [4.69, 9.17) is 0 Å². The predicted octanol–water partition coefficient (Wildman–Crippen LogP) is 1.03. The summed E-state index contributed by atoms with van der Waals surface area (Å²) >= 11 is 0. The van der Waals surface area contributed by atoms with Gasteiger partial charge in [-0.1, -0.05) is 24.3 Å². The summed E-state index contributed by atoms with van der Waals surface area (Å²) < 4.78 is 0. The lowest BCUT2D eigenvalue weighted by atomic mass is 9.82. The summed E-state index contributed by atoms with van der Waals surface area (Å²) in [6.45, 7) is 0. The molecule has 0 saturated carbocycles. The van der Waals surface area contributed by atoms with Crippen LogP contribution in [-0.2, 0) is 20.8 Å². The van der Waals surface area contributed by atoms with E-state index in [9.17, 15) is 14.4 Å². The Labute approximate surface area is 123 Å². The van der Waals surface area contributed by atoms with Crippen molar-refractivity contribution in [3.63, 3.8) is 0 Å². The van der Waals surface area contributed by atoms with Gasteiger partial charge in [0.15, 0.2) is 0 Å². The molecule has 0 bridgehead atoms. The van der Waals surface area contributed by atoms with Crippen LogP contribution >= 0.6 is 0 Å². The van der Waals surface area contributed by atoms with E-state index in [1.165, 1.54) is 5.56 Å². The Hall–Kier alpha value is -2.17. The number of carbonyl (C=O) groups excluding carboxylic acids is 3. The van der Waals surface area contributed by atoms with Crippen LogP contribution < -0.4 is 10.6 Å². The summed E-state index contributed by atoms with van der Waals surface area (Å²) in [4.78, 5) is 35.3. The molecule has 3 amide bonds. The molecular weight excluding hydrogens is 268 g/mol. The zero-order valence-electron chi connectivity index (χ0n) is 11.7. The van der Waals surface area contributed by atoms with Crippen LogP contribution in [0, 0.1) is 0 Å². The standard InChI is InChI=1S/C16H18N2O3/c19-14-9-8-13(16(21)18-14)17-15(20)12-7-3-5-10-4-1-2-6-11(10)12/h1-2,4,6,12-13H,3,5,7-9H2,(H,17,20)(H,18,19,21)/t12?,13-/m0/s1. The lowest BCUT2D eigenvalue weighted by Crippen LogP contribution is -2.53. The summed E-state index contributed by atoms with van der Waals surface area (Å²) in [6.07, 6.45) is 3.43. The summed E-state index contributed by atoms with van der Waals surface area (Å²) in [5, 5.41) is 5.06. The van der Waals surface area contributed by atoms with Crippen molar-refractivity contribution in [2.45, 2.75) is 44.1 Å². The Balaban J connectivity index is 1.72. The highest BCUT2D eigenvalue weighted by Gasteiger charge is 2.32. The van der Waals surface area contributed by atoms with Gasteiger partial charge in [-0.3, -0.25) is 19.7 Å². The molecule has 110 valence electrons. The average molecular weight is 286 g/mol. The van der Waals surface area contributed by atoms with Crippen molar-refractivity contribution in [1.82, 2.24) is 10.6 Å². The van der Waals surface area contributed by atoms with Crippen LogP contribution in [0.5, 0.6) is 0 Å². The first-order chi connectivity index (χ1) is 10.1. The quantitative estimate of drug-likeness (QED) is 0.797. The van der Waals surface area contributed by atoms with Crippen LogP contribution in [0.25, 0.3) is 0 Å². The Morgan fingerprint density at radius 3 is 2.76 bits per heavy atom. The van der Waals surface area contributed by atoms with Gasteiger partial charge in [0.1, 0.15) is 6.04 Å². The second-order valence-corrected chi connectivity index (χ2v) is 5.66. The zero-order chi connectivity index (χ0) is 14.8. The molecule has 5 nitrogen and oxygen atoms in total. The topological polar surface area (TPSA) is 75.3 Å². The maximum Gasteiger partial charge on any atom is 0.249 e. The highest BCUT2D eigenvalue weighted by atomic mass is 16.2. The van der Waals surface area contributed by atoms with Gasteiger partial charge in [0.05, 0.1) is 5.92 Å². The molecule has 0 aromatic heterocycles. The minimum atomic E-state index is -0.593. The average Bonchev–Trinajstić information content (AvgIpc) is 2.49. The maximum atomic E-state index is 12.5. The van der Waals surface area contributed by atoms with Crippen molar-refractivity contribution >= 4 is 17.7 Å². The van der Waals surface area contributed by atoms with Gasteiger partial charge in [0.25, 0.3) is 0 Å². The maximum absolute atomic E-state index is 12.5.